The molecule has 0 aliphatic heterocycles. The number of hydrogen-bond donors (Lipinski definition) is 0. The zero-order chi connectivity index (χ0) is 16.9. The summed E-state index contributed by atoms with van der Waals surface area (Å²) in [4.78, 5) is 31.8. The lowest BCUT2D eigenvalue weighted by Gasteiger charge is -2.53. The number of ether oxygens (including phenoxy) is 1. The highest BCUT2D eigenvalue weighted by molar-refractivity contribution is 7.09. The highest BCUT2D eigenvalue weighted by atomic mass is 32.1. The molecule has 4 bridgehead atoms. The normalized spacial score (nSPS) is 35.0. The molecule has 1 heterocycles. The van der Waals surface area contributed by atoms with Crippen LogP contribution in [0.15, 0.2) is 11.2 Å². The van der Waals surface area contributed by atoms with Gasteiger partial charge in [0.1, 0.15) is 5.78 Å². The predicted octanol–water partition coefficient (Wildman–Crippen LogP) is 2.33. The van der Waals surface area contributed by atoms with Gasteiger partial charge in [0.15, 0.2) is 4.80 Å². The van der Waals surface area contributed by atoms with Crippen molar-refractivity contribution in [2.24, 2.45) is 28.2 Å². The first-order valence-corrected chi connectivity index (χ1v) is 9.61. The average Bonchev–Trinajstić information content (AvgIpc) is 2.89. The maximum absolute atomic E-state index is 13.1. The molecule has 0 aromatic carbocycles. The number of carbonyl (C=O) groups excluding carboxylic acids is 2. The Hall–Kier alpha value is -1.27. The third-order valence-electron chi connectivity index (χ3n) is 6.02. The minimum atomic E-state index is -0.374. The number of rotatable bonds is 4. The summed E-state index contributed by atoms with van der Waals surface area (Å²) in [7, 11) is 1.67. The Labute approximate surface area is 145 Å². The van der Waals surface area contributed by atoms with Crippen LogP contribution in [0.2, 0.25) is 0 Å². The lowest BCUT2D eigenvalue weighted by atomic mass is 9.49. The number of methoxy groups -OCH3 is 1. The summed E-state index contributed by atoms with van der Waals surface area (Å²) >= 11 is 1.55. The van der Waals surface area contributed by atoms with E-state index < -0.39 is 0 Å². The minimum absolute atomic E-state index is 0.00224. The smallest absolute Gasteiger partial charge is 0.254 e. The second-order valence-electron chi connectivity index (χ2n) is 7.75. The van der Waals surface area contributed by atoms with Gasteiger partial charge in [0, 0.05) is 36.6 Å². The van der Waals surface area contributed by atoms with Crippen molar-refractivity contribution in [3.8, 4) is 0 Å². The lowest BCUT2D eigenvalue weighted by Crippen LogP contribution is -2.54. The van der Waals surface area contributed by atoms with Gasteiger partial charge >= 0.3 is 0 Å². The SMILES string of the molecule is COCCn1cc(C)s/c1=N\C(=O)C12CC3CC(C1)C(=O)C(C3)C2. The Kier molecular flexibility index (Phi) is 4.00. The van der Waals surface area contributed by atoms with Crippen LogP contribution >= 0.6 is 11.3 Å². The van der Waals surface area contributed by atoms with Gasteiger partial charge in [-0.2, -0.15) is 4.99 Å². The zero-order valence-corrected chi connectivity index (χ0v) is 15.1. The van der Waals surface area contributed by atoms with Crippen LogP contribution in [-0.4, -0.2) is 30.0 Å². The van der Waals surface area contributed by atoms with Crippen LogP contribution in [0.4, 0.5) is 0 Å². The first-order chi connectivity index (χ1) is 11.5. The van der Waals surface area contributed by atoms with Crippen molar-refractivity contribution in [1.29, 1.82) is 0 Å². The second kappa shape index (κ2) is 5.92. The Morgan fingerprint density at radius 2 is 2.08 bits per heavy atom. The fourth-order valence-electron chi connectivity index (χ4n) is 5.15. The summed E-state index contributed by atoms with van der Waals surface area (Å²) in [6, 6.07) is 0. The van der Waals surface area contributed by atoms with Crippen LogP contribution < -0.4 is 4.80 Å². The molecule has 5 nitrogen and oxygen atoms in total. The van der Waals surface area contributed by atoms with E-state index in [0.29, 0.717) is 24.9 Å². The fraction of sp³-hybridized carbons (Fsp3) is 0.722. The van der Waals surface area contributed by atoms with Gasteiger partial charge in [0.05, 0.1) is 12.0 Å². The number of carbonyl (C=O) groups is 2. The molecule has 4 saturated carbocycles. The maximum Gasteiger partial charge on any atom is 0.254 e. The van der Waals surface area contributed by atoms with Crippen LogP contribution in [-0.2, 0) is 20.9 Å². The van der Waals surface area contributed by atoms with Crippen LogP contribution in [0.3, 0.4) is 0 Å². The lowest BCUT2D eigenvalue weighted by molar-refractivity contribution is -0.155. The van der Waals surface area contributed by atoms with Crippen molar-refractivity contribution in [1.82, 2.24) is 4.57 Å². The summed E-state index contributed by atoms with van der Waals surface area (Å²) in [6.07, 6.45) is 6.40. The molecule has 4 aliphatic rings. The molecule has 0 radical (unpaired) electrons. The molecule has 0 saturated heterocycles. The standard InChI is InChI=1S/C18H24N2O3S/c1-11-10-20(3-4-23-2)17(24-11)19-16(22)18-7-12-5-13(8-18)15(21)14(6-12)9-18/h10,12-14H,3-9H2,1-2H3/b19-17-. The van der Waals surface area contributed by atoms with Crippen molar-refractivity contribution < 1.29 is 14.3 Å². The van der Waals surface area contributed by atoms with E-state index in [1.54, 1.807) is 18.4 Å². The summed E-state index contributed by atoms with van der Waals surface area (Å²) in [5.41, 5.74) is -0.374. The van der Waals surface area contributed by atoms with E-state index in [-0.39, 0.29) is 23.2 Å². The Morgan fingerprint density at radius 1 is 1.38 bits per heavy atom. The van der Waals surface area contributed by atoms with Gasteiger partial charge in [-0.15, -0.1) is 11.3 Å². The monoisotopic (exact) mass is 348 g/mol. The molecule has 2 unspecified atom stereocenters. The van der Waals surface area contributed by atoms with E-state index in [2.05, 4.69) is 4.99 Å². The molecule has 0 N–H and O–H groups in total. The molecule has 24 heavy (non-hydrogen) atoms. The van der Waals surface area contributed by atoms with Crippen LogP contribution in [0.25, 0.3) is 0 Å². The van der Waals surface area contributed by atoms with Gasteiger partial charge in [-0.1, -0.05) is 0 Å². The fourth-order valence-corrected chi connectivity index (χ4v) is 6.01. The topological polar surface area (TPSA) is 60.7 Å². The molecule has 0 spiro atoms. The number of hydrogen-bond acceptors (Lipinski definition) is 4. The van der Waals surface area contributed by atoms with Crippen molar-refractivity contribution >= 4 is 23.0 Å². The van der Waals surface area contributed by atoms with Crippen LogP contribution in [0, 0.1) is 30.1 Å². The van der Waals surface area contributed by atoms with E-state index in [1.165, 1.54) is 0 Å². The van der Waals surface area contributed by atoms with Crippen molar-refractivity contribution in [3.63, 3.8) is 0 Å². The Bertz CT molecular complexity index is 730. The molecule has 1 aromatic rings. The highest BCUT2D eigenvalue weighted by Gasteiger charge is 2.58. The van der Waals surface area contributed by atoms with Crippen LogP contribution in [0.1, 0.15) is 37.0 Å². The number of nitrogens with zero attached hydrogens (tertiary/aromatic N) is 2. The summed E-state index contributed by atoms with van der Waals surface area (Å²) in [5.74, 6) is 1.19. The van der Waals surface area contributed by atoms with Crippen molar-refractivity contribution in [2.75, 3.05) is 13.7 Å². The largest absolute Gasteiger partial charge is 0.383 e. The maximum atomic E-state index is 13.1. The number of thiazole rings is 1. The predicted molar refractivity (Wildman–Crippen MR) is 90.5 cm³/mol. The molecule has 6 heteroatoms. The molecule has 5 rings (SSSR count). The average molecular weight is 348 g/mol. The molecule has 2 atom stereocenters. The third-order valence-corrected chi connectivity index (χ3v) is 6.95. The van der Waals surface area contributed by atoms with Gasteiger partial charge in [0.25, 0.3) is 5.91 Å². The summed E-state index contributed by atoms with van der Waals surface area (Å²) < 4.78 is 7.15. The first kappa shape index (κ1) is 16.2. The van der Waals surface area contributed by atoms with Gasteiger partial charge in [0.2, 0.25) is 0 Å². The number of aromatic nitrogens is 1. The van der Waals surface area contributed by atoms with Crippen LogP contribution in [0.5, 0.6) is 0 Å². The van der Waals surface area contributed by atoms with Gasteiger partial charge < -0.3 is 9.30 Å². The number of amides is 1. The van der Waals surface area contributed by atoms with E-state index in [1.807, 2.05) is 17.7 Å². The van der Waals surface area contributed by atoms with E-state index in [9.17, 15) is 9.59 Å². The summed E-state index contributed by atoms with van der Waals surface area (Å²) in [5, 5.41) is 0. The first-order valence-electron chi connectivity index (χ1n) is 8.79. The zero-order valence-electron chi connectivity index (χ0n) is 14.3. The highest BCUT2D eigenvalue weighted by Crippen LogP contribution is 2.59. The molecular weight excluding hydrogens is 324 g/mol. The van der Waals surface area contributed by atoms with E-state index >= 15 is 0 Å². The summed E-state index contributed by atoms with van der Waals surface area (Å²) in [6.45, 7) is 3.33. The number of aryl methyl sites for hydroxylation is 1. The molecule has 1 aromatic heterocycles. The molecule has 1 amide bonds. The molecule has 130 valence electrons. The van der Waals surface area contributed by atoms with Crippen molar-refractivity contribution in [3.05, 3.63) is 15.9 Å². The number of ketones is 1. The van der Waals surface area contributed by atoms with Gasteiger partial charge in [-0.3, -0.25) is 9.59 Å². The molecule has 4 fully saturated rings. The number of Topliss-reactive ketones (excluding diaryl/α,β-unsaturated/α-hetero) is 1. The Balaban J connectivity index is 1.64. The van der Waals surface area contributed by atoms with Gasteiger partial charge in [-0.25, -0.2) is 0 Å². The third kappa shape index (κ3) is 2.60. The van der Waals surface area contributed by atoms with Gasteiger partial charge in [-0.05, 0) is 44.9 Å². The second-order valence-corrected chi connectivity index (χ2v) is 8.97. The van der Waals surface area contributed by atoms with E-state index in [0.717, 1.165) is 41.8 Å². The van der Waals surface area contributed by atoms with E-state index in [4.69, 9.17) is 4.74 Å². The quantitative estimate of drug-likeness (QED) is 0.839. The molecule has 4 aliphatic carbocycles. The Morgan fingerprint density at radius 3 is 2.75 bits per heavy atom. The minimum Gasteiger partial charge on any atom is -0.383 e. The molecular formula is C18H24N2O3S. The van der Waals surface area contributed by atoms with Crippen molar-refractivity contribution in [2.45, 2.75) is 45.6 Å².